The number of hydrogen-bond acceptors (Lipinski definition) is 2. The molecule has 1 N–H and O–H groups in total. The SMILES string of the molecule is Cc1ccc(COc2ccccc2-c2ccccc2O)cc1. The van der Waals surface area contributed by atoms with Gasteiger partial charge in [0.1, 0.15) is 18.1 Å². The molecule has 2 nitrogen and oxygen atoms in total. The normalized spacial score (nSPS) is 10.4. The Morgan fingerprint density at radius 2 is 1.41 bits per heavy atom. The third kappa shape index (κ3) is 3.12. The summed E-state index contributed by atoms with van der Waals surface area (Å²) in [5.74, 6) is 1.03. The van der Waals surface area contributed by atoms with Crippen molar-refractivity contribution in [3.05, 3.63) is 83.9 Å². The first-order valence-electron chi connectivity index (χ1n) is 7.30. The van der Waals surface area contributed by atoms with E-state index in [0.717, 1.165) is 22.4 Å². The molecule has 0 spiro atoms. The number of rotatable bonds is 4. The maximum absolute atomic E-state index is 10.0. The van der Waals surface area contributed by atoms with E-state index in [1.807, 2.05) is 42.5 Å². The van der Waals surface area contributed by atoms with Gasteiger partial charge in [-0.05, 0) is 24.6 Å². The number of aromatic hydroxyl groups is 1. The quantitative estimate of drug-likeness (QED) is 0.737. The number of para-hydroxylation sites is 2. The fourth-order valence-corrected chi connectivity index (χ4v) is 2.36. The number of benzene rings is 3. The third-order valence-electron chi connectivity index (χ3n) is 3.60. The van der Waals surface area contributed by atoms with E-state index in [9.17, 15) is 5.11 Å². The Labute approximate surface area is 130 Å². The van der Waals surface area contributed by atoms with Gasteiger partial charge in [-0.3, -0.25) is 0 Å². The lowest BCUT2D eigenvalue weighted by atomic mass is 10.0. The Balaban J connectivity index is 1.86. The maximum Gasteiger partial charge on any atom is 0.127 e. The zero-order valence-electron chi connectivity index (χ0n) is 12.5. The lowest BCUT2D eigenvalue weighted by Gasteiger charge is -2.12. The summed E-state index contributed by atoms with van der Waals surface area (Å²) in [7, 11) is 0. The summed E-state index contributed by atoms with van der Waals surface area (Å²) in [6.07, 6.45) is 0. The van der Waals surface area contributed by atoms with Crippen LogP contribution in [0.2, 0.25) is 0 Å². The molecular formula is C20H18O2. The van der Waals surface area contributed by atoms with Gasteiger partial charge in [-0.2, -0.15) is 0 Å². The van der Waals surface area contributed by atoms with E-state index in [1.54, 1.807) is 6.07 Å². The van der Waals surface area contributed by atoms with Gasteiger partial charge >= 0.3 is 0 Å². The Morgan fingerprint density at radius 1 is 0.773 bits per heavy atom. The largest absolute Gasteiger partial charge is 0.507 e. The summed E-state index contributed by atoms with van der Waals surface area (Å²) in [6.45, 7) is 2.57. The van der Waals surface area contributed by atoms with Gasteiger partial charge in [0, 0.05) is 11.1 Å². The van der Waals surface area contributed by atoms with Crippen molar-refractivity contribution < 1.29 is 9.84 Å². The standard InChI is InChI=1S/C20H18O2/c1-15-10-12-16(13-11-15)14-22-20-9-5-3-7-18(20)17-6-2-4-8-19(17)21/h2-13,21H,14H2,1H3. The molecule has 110 valence electrons. The van der Waals surface area contributed by atoms with Crippen molar-refractivity contribution in [1.82, 2.24) is 0 Å². The number of ether oxygens (including phenoxy) is 1. The van der Waals surface area contributed by atoms with Crippen LogP contribution in [0, 0.1) is 6.92 Å². The molecule has 22 heavy (non-hydrogen) atoms. The van der Waals surface area contributed by atoms with E-state index < -0.39 is 0 Å². The van der Waals surface area contributed by atoms with Gasteiger partial charge in [0.25, 0.3) is 0 Å². The van der Waals surface area contributed by atoms with Crippen molar-refractivity contribution in [3.8, 4) is 22.6 Å². The van der Waals surface area contributed by atoms with Crippen molar-refractivity contribution in [1.29, 1.82) is 0 Å². The molecule has 0 atom stereocenters. The first kappa shape index (κ1) is 14.2. The molecule has 0 heterocycles. The van der Waals surface area contributed by atoms with Crippen molar-refractivity contribution in [2.45, 2.75) is 13.5 Å². The third-order valence-corrected chi connectivity index (χ3v) is 3.60. The Bertz CT molecular complexity index is 761. The van der Waals surface area contributed by atoms with Gasteiger partial charge < -0.3 is 9.84 Å². The van der Waals surface area contributed by atoms with E-state index >= 15 is 0 Å². The fraction of sp³-hybridized carbons (Fsp3) is 0.100. The molecule has 0 aliphatic rings. The van der Waals surface area contributed by atoms with Crippen LogP contribution in [0.15, 0.2) is 72.8 Å². The molecule has 0 saturated heterocycles. The predicted octanol–water partition coefficient (Wildman–Crippen LogP) is 4.95. The second kappa shape index (κ2) is 6.35. The van der Waals surface area contributed by atoms with Crippen LogP contribution < -0.4 is 4.74 Å². The molecule has 0 saturated carbocycles. The molecule has 0 aliphatic heterocycles. The van der Waals surface area contributed by atoms with Crippen LogP contribution in [0.5, 0.6) is 11.5 Å². The highest BCUT2D eigenvalue weighted by Gasteiger charge is 2.09. The Kier molecular flexibility index (Phi) is 4.10. The summed E-state index contributed by atoms with van der Waals surface area (Å²) >= 11 is 0. The molecule has 0 aliphatic carbocycles. The van der Waals surface area contributed by atoms with Crippen LogP contribution in [-0.2, 0) is 6.61 Å². The van der Waals surface area contributed by atoms with Crippen molar-refractivity contribution >= 4 is 0 Å². The smallest absolute Gasteiger partial charge is 0.127 e. The lowest BCUT2D eigenvalue weighted by molar-refractivity contribution is 0.307. The van der Waals surface area contributed by atoms with Gasteiger partial charge in [0.05, 0.1) is 0 Å². The van der Waals surface area contributed by atoms with E-state index in [-0.39, 0.29) is 5.75 Å². The number of hydrogen-bond donors (Lipinski definition) is 1. The first-order chi connectivity index (χ1) is 10.7. The van der Waals surface area contributed by atoms with Crippen molar-refractivity contribution in [2.75, 3.05) is 0 Å². The summed E-state index contributed by atoms with van der Waals surface area (Å²) in [4.78, 5) is 0. The van der Waals surface area contributed by atoms with Crippen molar-refractivity contribution in [3.63, 3.8) is 0 Å². The minimum absolute atomic E-state index is 0.258. The molecule has 3 aromatic carbocycles. The highest BCUT2D eigenvalue weighted by atomic mass is 16.5. The van der Waals surface area contributed by atoms with Gasteiger partial charge in [-0.15, -0.1) is 0 Å². The van der Waals surface area contributed by atoms with E-state index in [0.29, 0.717) is 6.61 Å². The highest BCUT2D eigenvalue weighted by Crippen LogP contribution is 2.35. The minimum Gasteiger partial charge on any atom is -0.507 e. The molecular weight excluding hydrogens is 272 g/mol. The van der Waals surface area contributed by atoms with E-state index in [1.165, 1.54) is 5.56 Å². The van der Waals surface area contributed by atoms with Crippen LogP contribution in [0.4, 0.5) is 0 Å². The average molecular weight is 290 g/mol. The molecule has 3 rings (SSSR count). The van der Waals surface area contributed by atoms with E-state index in [4.69, 9.17) is 4.74 Å². The molecule has 0 bridgehead atoms. The molecule has 0 fully saturated rings. The van der Waals surface area contributed by atoms with Crippen LogP contribution >= 0.6 is 0 Å². The van der Waals surface area contributed by atoms with Gasteiger partial charge in [-0.1, -0.05) is 66.2 Å². The van der Waals surface area contributed by atoms with Gasteiger partial charge in [0.15, 0.2) is 0 Å². The zero-order valence-corrected chi connectivity index (χ0v) is 12.5. The molecule has 0 unspecified atom stereocenters. The molecule has 0 aromatic heterocycles. The van der Waals surface area contributed by atoms with E-state index in [2.05, 4.69) is 31.2 Å². The van der Waals surface area contributed by atoms with Gasteiger partial charge in [0.2, 0.25) is 0 Å². The Morgan fingerprint density at radius 3 is 2.14 bits per heavy atom. The highest BCUT2D eigenvalue weighted by molar-refractivity contribution is 5.75. The van der Waals surface area contributed by atoms with Crippen LogP contribution in [-0.4, -0.2) is 5.11 Å². The second-order valence-corrected chi connectivity index (χ2v) is 5.29. The number of aryl methyl sites for hydroxylation is 1. The van der Waals surface area contributed by atoms with Crippen LogP contribution in [0.3, 0.4) is 0 Å². The fourth-order valence-electron chi connectivity index (χ4n) is 2.36. The minimum atomic E-state index is 0.258. The summed E-state index contributed by atoms with van der Waals surface area (Å²) in [5, 5.41) is 10.0. The Hall–Kier alpha value is -2.74. The topological polar surface area (TPSA) is 29.5 Å². The molecule has 3 aromatic rings. The number of phenolic OH excluding ortho intramolecular Hbond substituents is 1. The summed E-state index contributed by atoms with van der Waals surface area (Å²) in [5.41, 5.74) is 4.03. The summed E-state index contributed by atoms with van der Waals surface area (Å²) < 4.78 is 5.96. The monoisotopic (exact) mass is 290 g/mol. The molecule has 2 heteroatoms. The average Bonchev–Trinajstić information content (AvgIpc) is 2.55. The van der Waals surface area contributed by atoms with Crippen LogP contribution in [0.25, 0.3) is 11.1 Å². The lowest BCUT2D eigenvalue weighted by Crippen LogP contribution is -1.97. The van der Waals surface area contributed by atoms with Crippen LogP contribution in [0.1, 0.15) is 11.1 Å². The molecule has 0 amide bonds. The summed E-state index contributed by atoms with van der Waals surface area (Å²) in [6, 6.07) is 23.4. The van der Waals surface area contributed by atoms with Crippen molar-refractivity contribution in [2.24, 2.45) is 0 Å². The van der Waals surface area contributed by atoms with Gasteiger partial charge in [-0.25, -0.2) is 0 Å². The second-order valence-electron chi connectivity index (χ2n) is 5.29. The maximum atomic E-state index is 10.0. The first-order valence-corrected chi connectivity index (χ1v) is 7.30. The number of phenols is 1. The molecule has 0 radical (unpaired) electrons. The zero-order chi connectivity index (χ0) is 15.4. The predicted molar refractivity (Wildman–Crippen MR) is 89.1 cm³/mol.